The fraction of sp³-hybridized carbons (Fsp3) is 0.400. The van der Waals surface area contributed by atoms with Crippen LogP contribution < -0.4 is 5.73 Å². The molecule has 8 heavy (non-hydrogen) atoms. The Labute approximate surface area is 54.0 Å². The molecule has 0 radical (unpaired) electrons. The highest BCUT2D eigenvalue weighted by Gasteiger charge is 1.85. The van der Waals surface area contributed by atoms with Crippen LogP contribution in [0.15, 0.2) is 15.7 Å². The first kappa shape index (κ1) is 7.50. The minimum atomic E-state index is 0.507. The van der Waals surface area contributed by atoms with Gasteiger partial charge in [-0.3, -0.25) is 4.99 Å². The highest BCUT2D eigenvalue weighted by molar-refractivity contribution is 6.39. The molecule has 3 heteroatoms. The Hall–Kier alpha value is -0.500. The van der Waals surface area contributed by atoms with Gasteiger partial charge in [-0.15, -0.1) is 0 Å². The zero-order valence-corrected chi connectivity index (χ0v) is 5.74. The first-order chi connectivity index (χ1) is 3.68. The Morgan fingerprint density at radius 2 is 2.25 bits per heavy atom. The third-order valence-electron chi connectivity index (χ3n) is 0.619. The van der Waals surface area contributed by atoms with E-state index in [4.69, 9.17) is 17.3 Å². The Balaban J connectivity index is 4.00. The maximum Gasteiger partial charge on any atom is 0.0768 e. The smallest absolute Gasteiger partial charge is 0.0768 e. The largest absolute Gasteiger partial charge is 0.401 e. The third kappa shape index (κ3) is 2.64. The zero-order valence-electron chi connectivity index (χ0n) is 4.98. The molecule has 0 aromatic rings. The van der Waals surface area contributed by atoms with Crippen LogP contribution in [0, 0.1) is 0 Å². The molecule has 0 aliphatic rings. The average Bonchev–Trinajstić information content (AvgIpc) is 1.67. The van der Waals surface area contributed by atoms with E-state index in [-0.39, 0.29) is 0 Å². The molecule has 0 aromatic heterocycles. The van der Waals surface area contributed by atoms with Crippen molar-refractivity contribution < 1.29 is 0 Å². The van der Waals surface area contributed by atoms with Gasteiger partial charge in [0, 0.05) is 19.0 Å². The van der Waals surface area contributed by atoms with Crippen LogP contribution in [0.5, 0.6) is 0 Å². The van der Waals surface area contributed by atoms with E-state index in [0.29, 0.717) is 10.7 Å². The van der Waals surface area contributed by atoms with Gasteiger partial charge in [0.25, 0.3) is 0 Å². The second kappa shape index (κ2) is 3.50. The Bertz CT molecular complexity index is 122. The lowest BCUT2D eigenvalue weighted by molar-refractivity contribution is 1.31. The average molecular weight is 133 g/mol. The van der Waals surface area contributed by atoms with Crippen molar-refractivity contribution in [1.82, 2.24) is 0 Å². The van der Waals surface area contributed by atoms with Crippen molar-refractivity contribution >= 4 is 17.8 Å². The third-order valence-corrected chi connectivity index (χ3v) is 1.01. The van der Waals surface area contributed by atoms with Crippen LogP contribution in [0.25, 0.3) is 0 Å². The lowest BCUT2D eigenvalue weighted by Crippen LogP contribution is -1.94. The van der Waals surface area contributed by atoms with Crippen molar-refractivity contribution in [2.24, 2.45) is 10.7 Å². The summed E-state index contributed by atoms with van der Waals surface area (Å²) in [6, 6.07) is 0. The van der Waals surface area contributed by atoms with Crippen molar-refractivity contribution in [2.45, 2.75) is 6.92 Å². The van der Waals surface area contributed by atoms with Crippen LogP contribution in [0.2, 0.25) is 0 Å². The van der Waals surface area contributed by atoms with Crippen molar-refractivity contribution in [2.75, 3.05) is 7.05 Å². The Morgan fingerprint density at radius 3 is 2.38 bits per heavy atom. The van der Waals surface area contributed by atoms with Gasteiger partial charge < -0.3 is 5.73 Å². The summed E-state index contributed by atoms with van der Waals surface area (Å²) in [6.07, 6.45) is 1.51. The van der Waals surface area contributed by atoms with Gasteiger partial charge in [-0.2, -0.15) is 0 Å². The van der Waals surface area contributed by atoms with Crippen LogP contribution in [0.4, 0.5) is 0 Å². The lowest BCUT2D eigenvalue weighted by Gasteiger charge is -1.88. The lowest BCUT2D eigenvalue weighted by atomic mass is 10.5. The van der Waals surface area contributed by atoms with Gasteiger partial charge >= 0.3 is 0 Å². The van der Waals surface area contributed by atoms with E-state index in [9.17, 15) is 0 Å². The monoisotopic (exact) mass is 132 g/mol. The number of nitrogens with two attached hydrogens (primary N) is 1. The summed E-state index contributed by atoms with van der Waals surface area (Å²) in [4.78, 5) is 3.66. The molecule has 0 unspecified atom stereocenters. The fourth-order valence-corrected chi connectivity index (χ4v) is 0.313. The quantitative estimate of drug-likeness (QED) is 0.534. The van der Waals surface area contributed by atoms with Gasteiger partial charge in [-0.1, -0.05) is 11.6 Å². The summed E-state index contributed by atoms with van der Waals surface area (Å²) in [5.74, 6) is 0. The highest BCUT2D eigenvalue weighted by atomic mass is 35.5. The number of hydrogen-bond acceptors (Lipinski definition) is 2. The molecule has 0 aliphatic heterocycles. The molecule has 0 heterocycles. The van der Waals surface area contributed by atoms with Gasteiger partial charge in [0.05, 0.1) is 5.03 Å². The first-order valence-electron chi connectivity index (χ1n) is 2.22. The molecule has 0 amide bonds. The number of aliphatic imine (C=N–C) groups is 1. The summed E-state index contributed by atoms with van der Waals surface area (Å²) in [5, 5.41) is 0.507. The number of nitrogens with zero attached hydrogens (tertiary/aromatic N) is 1. The highest BCUT2D eigenvalue weighted by Crippen LogP contribution is 1.99. The molecular formula is C5H9ClN2. The fourth-order valence-electron chi connectivity index (χ4n) is 0.215. The van der Waals surface area contributed by atoms with Gasteiger partial charge in [0.15, 0.2) is 0 Å². The molecule has 0 bridgehead atoms. The minimum Gasteiger partial charge on any atom is -0.401 e. The normalized spacial score (nSPS) is 14.4. The maximum atomic E-state index is 5.52. The van der Waals surface area contributed by atoms with Crippen molar-refractivity contribution in [3.63, 3.8) is 0 Å². The topological polar surface area (TPSA) is 38.4 Å². The summed E-state index contributed by atoms with van der Waals surface area (Å²) in [6.45, 7) is 1.73. The van der Waals surface area contributed by atoms with E-state index >= 15 is 0 Å². The van der Waals surface area contributed by atoms with Crippen molar-refractivity contribution in [1.29, 1.82) is 0 Å². The molecule has 2 N–H and O–H groups in total. The van der Waals surface area contributed by atoms with Gasteiger partial charge in [-0.05, 0) is 6.92 Å². The predicted octanol–water partition coefficient (Wildman–Crippen LogP) is 1.12. The molecule has 46 valence electrons. The van der Waals surface area contributed by atoms with Crippen molar-refractivity contribution in [3.8, 4) is 0 Å². The predicted molar refractivity (Wildman–Crippen MR) is 37.2 cm³/mol. The standard InChI is InChI=1S/C5H9ClN2/c1-4(7)5(6)3-8-2/h3H,7H2,1-2H3/b5-4+,8-3?. The Morgan fingerprint density at radius 1 is 1.75 bits per heavy atom. The number of hydrogen-bond donors (Lipinski definition) is 1. The van der Waals surface area contributed by atoms with Crippen LogP contribution in [-0.4, -0.2) is 13.3 Å². The van der Waals surface area contributed by atoms with E-state index in [1.165, 1.54) is 6.21 Å². The molecule has 0 rings (SSSR count). The molecule has 0 fully saturated rings. The Kier molecular flexibility index (Phi) is 3.28. The summed E-state index contributed by atoms with van der Waals surface area (Å²) in [5.41, 5.74) is 5.87. The SMILES string of the molecule is CN=C/C(Cl)=C(/C)N. The van der Waals surface area contributed by atoms with E-state index in [1.54, 1.807) is 14.0 Å². The number of rotatable bonds is 1. The summed E-state index contributed by atoms with van der Waals surface area (Å²) in [7, 11) is 1.64. The molecule has 0 saturated heterocycles. The molecule has 0 saturated carbocycles. The van der Waals surface area contributed by atoms with Gasteiger partial charge in [0.2, 0.25) is 0 Å². The van der Waals surface area contributed by atoms with Crippen LogP contribution in [0.1, 0.15) is 6.92 Å². The maximum absolute atomic E-state index is 5.52. The first-order valence-corrected chi connectivity index (χ1v) is 2.60. The molecule has 0 atom stereocenters. The van der Waals surface area contributed by atoms with Crippen molar-refractivity contribution in [3.05, 3.63) is 10.7 Å². The molecule has 0 spiro atoms. The van der Waals surface area contributed by atoms with E-state index in [0.717, 1.165) is 0 Å². The molecule has 2 nitrogen and oxygen atoms in total. The van der Waals surface area contributed by atoms with E-state index in [2.05, 4.69) is 4.99 Å². The molecular weight excluding hydrogens is 124 g/mol. The second-order valence-electron chi connectivity index (χ2n) is 1.42. The van der Waals surface area contributed by atoms with Gasteiger partial charge in [0.1, 0.15) is 0 Å². The number of allylic oxidation sites excluding steroid dienone is 2. The molecule has 0 aliphatic carbocycles. The van der Waals surface area contributed by atoms with E-state index in [1.807, 2.05) is 0 Å². The summed E-state index contributed by atoms with van der Waals surface area (Å²) >= 11 is 5.52. The second-order valence-corrected chi connectivity index (χ2v) is 1.83. The van der Waals surface area contributed by atoms with E-state index < -0.39 is 0 Å². The zero-order chi connectivity index (χ0) is 6.57. The summed E-state index contributed by atoms with van der Waals surface area (Å²) < 4.78 is 0. The molecule has 0 aromatic carbocycles. The van der Waals surface area contributed by atoms with Gasteiger partial charge in [-0.25, -0.2) is 0 Å². The number of halogens is 1. The minimum absolute atomic E-state index is 0.507. The van der Waals surface area contributed by atoms with Crippen LogP contribution >= 0.6 is 11.6 Å². The van der Waals surface area contributed by atoms with Crippen LogP contribution in [-0.2, 0) is 0 Å². The van der Waals surface area contributed by atoms with Crippen LogP contribution in [0.3, 0.4) is 0 Å².